The Labute approximate surface area is 157 Å². The zero-order chi connectivity index (χ0) is 18.4. The van der Waals surface area contributed by atoms with Crippen LogP contribution in [0.15, 0.2) is 30.5 Å². The van der Waals surface area contributed by atoms with E-state index in [1.54, 1.807) is 0 Å². The lowest BCUT2D eigenvalue weighted by Crippen LogP contribution is -2.36. The van der Waals surface area contributed by atoms with Crippen molar-refractivity contribution in [2.24, 2.45) is 0 Å². The Kier molecular flexibility index (Phi) is 3.87. The highest BCUT2D eigenvalue weighted by Crippen LogP contribution is 2.40. The SMILES string of the molecule is Cc1nc(-c2ccc(N)cc2)nc2c1cnn2C1CCC2(CC1)OCCO2. The summed E-state index contributed by atoms with van der Waals surface area (Å²) < 4.78 is 13.8. The zero-order valence-electron chi connectivity index (χ0n) is 15.4. The molecule has 2 fully saturated rings. The zero-order valence-corrected chi connectivity index (χ0v) is 15.4. The van der Waals surface area contributed by atoms with Crippen molar-refractivity contribution in [3.05, 3.63) is 36.2 Å². The highest BCUT2D eigenvalue weighted by atomic mass is 16.7. The number of nitrogens with zero attached hydrogens (tertiary/aromatic N) is 4. The molecule has 0 amide bonds. The van der Waals surface area contributed by atoms with Crippen LogP contribution in [0, 0.1) is 6.92 Å². The van der Waals surface area contributed by atoms with Crippen molar-refractivity contribution in [3.8, 4) is 11.4 Å². The standard InChI is InChI=1S/C20H23N5O2/c1-13-17-12-22-25(16-6-8-20(9-7-16)26-10-11-27-20)19(17)24-18(23-13)14-2-4-15(21)5-3-14/h2-5,12,16H,6-11,21H2,1H3. The molecule has 3 aromatic rings. The lowest BCUT2D eigenvalue weighted by atomic mass is 9.90. The second-order valence-electron chi connectivity index (χ2n) is 7.42. The summed E-state index contributed by atoms with van der Waals surface area (Å²) in [7, 11) is 0. The fourth-order valence-electron chi connectivity index (χ4n) is 4.17. The molecule has 1 spiro atoms. The number of ether oxygens (including phenoxy) is 2. The third-order valence-corrected chi connectivity index (χ3v) is 5.69. The number of benzene rings is 1. The van der Waals surface area contributed by atoms with Crippen molar-refractivity contribution in [3.63, 3.8) is 0 Å². The third kappa shape index (κ3) is 2.87. The molecule has 1 aromatic carbocycles. The lowest BCUT2D eigenvalue weighted by molar-refractivity contribution is -0.181. The first kappa shape index (κ1) is 16.6. The number of rotatable bonds is 2. The van der Waals surface area contributed by atoms with Gasteiger partial charge in [0.2, 0.25) is 0 Å². The van der Waals surface area contributed by atoms with Crippen molar-refractivity contribution in [2.75, 3.05) is 18.9 Å². The van der Waals surface area contributed by atoms with Crippen LogP contribution in [-0.4, -0.2) is 38.7 Å². The van der Waals surface area contributed by atoms with E-state index in [9.17, 15) is 0 Å². The fourth-order valence-corrected chi connectivity index (χ4v) is 4.17. The Hall–Kier alpha value is -2.51. The smallest absolute Gasteiger partial charge is 0.168 e. The summed E-state index contributed by atoms with van der Waals surface area (Å²) in [4.78, 5) is 9.52. The maximum atomic E-state index is 5.85. The minimum absolute atomic E-state index is 0.300. The summed E-state index contributed by atoms with van der Waals surface area (Å²) in [5, 5.41) is 5.66. The Morgan fingerprint density at radius 1 is 1.07 bits per heavy atom. The van der Waals surface area contributed by atoms with Gasteiger partial charge in [-0.05, 0) is 44.0 Å². The van der Waals surface area contributed by atoms with Crippen molar-refractivity contribution < 1.29 is 9.47 Å². The summed E-state index contributed by atoms with van der Waals surface area (Å²) in [6, 6.07) is 7.95. The summed E-state index contributed by atoms with van der Waals surface area (Å²) >= 11 is 0. The average molecular weight is 365 g/mol. The van der Waals surface area contributed by atoms with Crippen LogP contribution in [0.4, 0.5) is 5.69 Å². The highest BCUT2D eigenvalue weighted by Gasteiger charge is 2.41. The van der Waals surface area contributed by atoms with Crippen LogP contribution in [0.25, 0.3) is 22.4 Å². The molecule has 3 heterocycles. The molecule has 2 aromatic heterocycles. The van der Waals surface area contributed by atoms with Gasteiger partial charge < -0.3 is 15.2 Å². The van der Waals surface area contributed by atoms with Crippen LogP contribution in [0.3, 0.4) is 0 Å². The van der Waals surface area contributed by atoms with E-state index in [-0.39, 0.29) is 5.79 Å². The van der Waals surface area contributed by atoms with Gasteiger partial charge in [0.1, 0.15) is 0 Å². The fraction of sp³-hybridized carbons (Fsp3) is 0.450. The number of nitrogen functional groups attached to an aromatic ring is 1. The first-order valence-corrected chi connectivity index (χ1v) is 9.49. The number of anilines is 1. The second-order valence-corrected chi connectivity index (χ2v) is 7.42. The van der Waals surface area contributed by atoms with Gasteiger partial charge in [0, 0.05) is 24.1 Å². The molecule has 0 unspecified atom stereocenters. The van der Waals surface area contributed by atoms with E-state index >= 15 is 0 Å². The maximum absolute atomic E-state index is 5.85. The van der Waals surface area contributed by atoms with E-state index < -0.39 is 0 Å². The van der Waals surface area contributed by atoms with Gasteiger partial charge in [0.15, 0.2) is 17.3 Å². The van der Waals surface area contributed by atoms with Gasteiger partial charge in [-0.15, -0.1) is 0 Å². The van der Waals surface area contributed by atoms with E-state index in [1.165, 1.54) is 0 Å². The molecule has 0 atom stereocenters. The van der Waals surface area contributed by atoms with Crippen LogP contribution >= 0.6 is 0 Å². The van der Waals surface area contributed by atoms with Gasteiger partial charge in [-0.3, -0.25) is 0 Å². The van der Waals surface area contributed by atoms with E-state index in [0.717, 1.165) is 53.7 Å². The van der Waals surface area contributed by atoms with Crippen LogP contribution in [-0.2, 0) is 9.47 Å². The first-order chi connectivity index (χ1) is 13.1. The number of aromatic nitrogens is 4. The molecule has 27 heavy (non-hydrogen) atoms. The molecule has 140 valence electrons. The minimum Gasteiger partial charge on any atom is -0.399 e. The number of nitrogens with two attached hydrogens (primary N) is 1. The van der Waals surface area contributed by atoms with E-state index in [1.807, 2.05) is 37.4 Å². The molecule has 0 bridgehead atoms. The monoisotopic (exact) mass is 365 g/mol. The largest absolute Gasteiger partial charge is 0.399 e. The van der Waals surface area contributed by atoms with Crippen molar-refractivity contribution in [1.29, 1.82) is 0 Å². The predicted octanol–water partition coefficient (Wildman–Crippen LogP) is 3.24. The van der Waals surface area contributed by atoms with Crippen LogP contribution < -0.4 is 5.73 Å². The lowest BCUT2D eigenvalue weighted by Gasteiger charge is -2.35. The topological polar surface area (TPSA) is 88.1 Å². The molecular weight excluding hydrogens is 342 g/mol. The van der Waals surface area contributed by atoms with Gasteiger partial charge in [-0.1, -0.05) is 0 Å². The summed E-state index contributed by atoms with van der Waals surface area (Å²) in [5.74, 6) is 0.343. The van der Waals surface area contributed by atoms with Crippen molar-refractivity contribution in [2.45, 2.75) is 44.4 Å². The number of hydrogen-bond acceptors (Lipinski definition) is 6. The van der Waals surface area contributed by atoms with Gasteiger partial charge in [-0.2, -0.15) is 5.10 Å². The quantitative estimate of drug-likeness (QED) is 0.702. The Balaban J connectivity index is 1.49. The second kappa shape index (κ2) is 6.28. The van der Waals surface area contributed by atoms with Gasteiger partial charge >= 0.3 is 0 Å². The molecule has 2 aliphatic rings. The number of hydrogen-bond donors (Lipinski definition) is 1. The van der Waals surface area contributed by atoms with Crippen molar-refractivity contribution >= 4 is 16.7 Å². The summed E-state index contributed by atoms with van der Waals surface area (Å²) in [6.45, 7) is 3.41. The molecule has 1 aliphatic heterocycles. The van der Waals surface area contributed by atoms with Crippen molar-refractivity contribution in [1.82, 2.24) is 19.7 Å². The summed E-state index contributed by atoms with van der Waals surface area (Å²) in [6.07, 6.45) is 5.61. The average Bonchev–Trinajstić information content (AvgIpc) is 3.31. The van der Waals surface area contributed by atoms with Crippen LogP contribution in [0.1, 0.15) is 37.4 Å². The molecule has 5 rings (SSSR count). The maximum Gasteiger partial charge on any atom is 0.168 e. The highest BCUT2D eigenvalue weighted by molar-refractivity contribution is 5.79. The molecule has 7 nitrogen and oxygen atoms in total. The van der Waals surface area contributed by atoms with Gasteiger partial charge in [-0.25, -0.2) is 14.6 Å². The van der Waals surface area contributed by atoms with E-state index in [0.29, 0.717) is 25.1 Å². The summed E-state index contributed by atoms with van der Waals surface area (Å²) in [5.41, 5.74) is 9.32. The predicted molar refractivity (Wildman–Crippen MR) is 102 cm³/mol. The first-order valence-electron chi connectivity index (χ1n) is 9.49. The van der Waals surface area contributed by atoms with E-state index in [4.69, 9.17) is 20.2 Å². The molecule has 1 aliphatic carbocycles. The molecule has 2 N–H and O–H groups in total. The third-order valence-electron chi connectivity index (χ3n) is 5.69. The van der Waals surface area contributed by atoms with E-state index in [2.05, 4.69) is 14.8 Å². The molecule has 7 heteroatoms. The normalized spacial score (nSPS) is 19.9. The minimum atomic E-state index is -0.362. The van der Waals surface area contributed by atoms with Gasteiger partial charge in [0.05, 0.1) is 36.5 Å². The number of aryl methyl sites for hydroxylation is 1. The Morgan fingerprint density at radius 3 is 2.48 bits per heavy atom. The Morgan fingerprint density at radius 2 is 1.78 bits per heavy atom. The Bertz CT molecular complexity index is 966. The molecule has 1 saturated heterocycles. The number of fused-ring (bicyclic) bond motifs is 1. The van der Waals surface area contributed by atoms with Crippen LogP contribution in [0.5, 0.6) is 0 Å². The molecule has 1 saturated carbocycles. The molecular formula is C20H23N5O2. The van der Waals surface area contributed by atoms with Gasteiger partial charge in [0.25, 0.3) is 0 Å². The molecule has 0 radical (unpaired) electrons. The van der Waals surface area contributed by atoms with Crippen LogP contribution in [0.2, 0.25) is 0 Å².